The largest absolute Gasteiger partial charge is 0.403 e. The molecule has 0 radical (unpaired) electrons. The van der Waals surface area contributed by atoms with Gasteiger partial charge >= 0.3 is 6.01 Å². The van der Waals surface area contributed by atoms with Crippen molar-refractivity contribution in [1.82, 2.24) is 15.4 Å². The van der Waals surface area contributed by atoms with Crippen molar-refractivity contribution in [3.63, 3.8) is 0 Å². The molecule has 7 heteroatoms. The summed E-state index contributed by atoms with van der Waals surface area (Å²) in [5.74, 6) is 1.20. The number of hydrogen-bond donors (Lipinski definition) is 1. The van der Waals surface area contributed by atoms with Crippen molar-refractivity contribution in [2.45, 2.75) is 13.5 Å². The maximum absolute atomic E-state index is 5.68. The Balaban J connectivity index is 1.53. The van der Waals surface area contributed by atoms with E-state index in [0.717, 1.165) is 32.6 Å². The highest BCUT2D eigenvalue weighted by Crippen LogP contribution is 2.28. The van der Waals surface area contributed by atoms with E-state index in [4.69, 9.17) is 8.94 Å². The summed E-state index contributed by atoms with van der Waals surface area (Å²) < 4.78 is 12.2. The van der Waals surface area contributed by atoms with Gasteiger partial charge in [0.2, 0.25) is 5.89 Å². The number of nitrogens with one attached hydrogen (secondary N) is 1. The van der Waals surface area contributed by atoms with Gasteiger partial charge in [0.05, 0.1) is 12.2 Å². The molecule has 0 atom stereocenters. The van der Waals surface area contributed by atoms with Crippen LogP contribution in [0.2, 0.25) is 0 Å². The van der Waals surface area contributed by atoms with Crippen molar-refractivity contribution in [2.75, 3.05) is 5.32 Å². The maximum Gasteiger partial charge on any atom is 0.316 e. The number of halogens is 1. The van der Waals surface area contributed by atoms with Crippen LogP contribution in [0.5, 0.6) is 0 Å². The fourth-order valence-electron chi connectivity index (χ4n) is 2.58. The molecule has 0 amide bonds. The second kappa shape index (κ2) is 7.13. The van der Waals surface area contributed by atoms with E-state index >= 15 is 0 Å². The average Bonchev–Trinajstić information content (AvgIpc) is 3.28. The lowest BCUT2D eigenvalue weighted by molar-refractivity contribution is 0.426. The number of benzene rings is 2. The monoisotopic (exact) mass is 410 g/mol. The van der Waals surface area contributed by atoms with Gasteiger partial charge in [0.25, 0.3) is 0 Å². The topological polar surface area (TPSA) is 77.0 Å². The van der Waals surface area contributed by atoms with Crippen LogP contribution in [-0.4, -0.2) is 15.4 Å². The molecule has 0 aliphatic heterocycles. The fourth-order valence-corrected chi connectivity index (χ4v) is 2.85. The van der Waals surface area contributed by atoms with Crippen molar-refractivity contribution in [3.8, 4) is 22.8 Å². The molecule has 26 heavy (non-hydrogen) atoms. The van der Waals surface area contributed by atoms with Crippen LogP contribution in [0, 0.1) is 6.92 Å². The highest BCUT2D eigenvalue weighted by Gasteiger charge is 2.16. The summed E-state index contributed by atoms with van der Waals surface area (Å²) in [5.41, 5.74) is 3.61. The molecule has 130 valence electrons. The van der Waals surface area contributed by atoms with Crippen LogP contribution in [0.1, 0.15) is 11.3 Å². The van der Waals surface area contributed by atoms with Crippen LogP contribution >= 0.6 is 15.9 Å². The van der Waals surface area contributed by atoms with Crippen molar-refractivity contribution >= 4 is 21.9 Å². The normalized spacial score (nSPS) is 10.8. The molecule has 6 nitrogen and oxygen atoms in total. The lowest BCUT2D eigenvalue weighted by atomic mass is 10.1. The van der Waals surface area contributed by atoms with E-state index in [9.17, 15) is 0 Å². The van der Waals surface area contributed by atoms with Gasteiger partial charge in [0, 0.05) is 21.2 Å². The lowest BCUT2D eigenvalue weighted by Crippen LogP contribution is -2.01. The third kappa shape index (κ3) is 3.39. The van der Waals surface area contributed by atoms with Gasteiger partial charge in [-0.1, -0.05) is 56.5 Å². The Morgan fingerprint density at radius 1 is 0.962 bits per heavy atom. The lowest BCUT2D eigenvalue weighted by Gasteiger charge is -2.03. The van der Waals surface area contributed by atoms with E-state index < -0.39 is 0 Å². The molecule has 1 N–H and O–H groups in total. The summed E-state index contributed by atoms with van der Waals surface area (Å²) in [4.78, 5) is 0. The third-order valence-electron chi connectivity index (χ3n) is 3.95. The highest BCUT2D eigenvalue weighted by atomic mass is 79.9. The molecule has 4 aromatic rings. The molecule has 2 aromatic heterocycles. The number of rotatable bonds is 5. The smallest absolute Gasteiger partial charge is 0.316 e. The van der Waals surface area contributed by atoms with Crippen LogP contribution in [0.3, 0.4) is 0 Å². The molecule has 2 aromatic carbocycles. The molecule has 0 saturated carbocycles. The van der Waals surface area contributed by atoms with Gasteiger partial charge in [-0.25, -0.2) is 0 Å². The Bertz CT molecular complexity index is 1010. The summed E-state index contributed by atoms with van der Waals surface area (Å²) in [6, 6.07) is 17.9. The fraction of sp³-hybridized carbons (Fsp3) is 0.105. The van der Waals surface area contributed by atoms with Gasteiger partial charge in [-0.15, -0.1) is 5.10 Å². The van der Waals surface area contributed by atoms with Gasteiger partial charge < -0.3 is 14.3 Å². The van der Waals surface area contributed by atoms with E-state index in [1.807, 2.05) is 61.5 Å². The second-order valence-corrected chi connectivity index (χ2v) is 6.63. The Morgan fingerprint density at radius 2 is 1.73 bits per heavy atom. The van der Waals surface area contributed by atoms with Crippen LogP contribution in [0.15, 0.2) is 68.0 Å². The minimum absolute atomic E-state index is 0.353. The molecule has 0 saturated heterocycles. The maximum atomic E-state index is 5.68. The summed E-state index contributed by atoms with van der Waals surface area (Å²) in [7, 11) is 0. The summed E-state index contributed by atoms with van der Waals surface area (Å²) in [6.45, 7) is 2.38. The molecular weight excluding hydrogens is 396 g/mol. The zero-order chi connectivity index (χ0) is 17.9. The van der Waals surface area contributed by atoms with Gasteiger partial charge in [0.15, 0.2) is 5.76 Å². The Labute approximate surface area is 158 Å². The second-order valence-electron chi connectivity index (χ2n) is 5.71. The predicted octanol–water partition coefficient (Wildman–Crippen LogP) is 5.07. The first kappa shape index (κ1) is 16.5. The Kier molecular flexibility index (Phi) is 4.53. The van der Waals surface area contributed by atoms with E-state index in [1.165, 1.54) is 0 Å². The Morgan fingerprint density at radius 3 is 2.50 bits per heavy atom. The summed E-state index contributed by atoms with van der Waals surface area (Å²) in [5, 5.41) is 15.4. The van der Waals surface area contributed by atoms with Gasteiger partial charge in [-0.2, -0.15) is 0 Å². The van der Waals surface area contributed by atoms with E-state index in [-0.39, 0.29) is 0 Å². The van der Waals surface area contributed by atoms with Crippen LogP contribution in [0.25, 0.3) is 22.8 Å². The van der Waals surface area contributed by atoms with Gasteiger partial charge in [0.1, 0.15) is 0 Å². The molecule has 2 heterocycles. The molecule has 0 aliphatic carbocycles. The molecule has 0 aliphatic rings. The van der Waals surface area contributed by atoms with E-state index in [2.05, 4.69) is 36.6 Å². The highest BCUT2D eigenvalue weighted by molar-refractivity contribution is 9.10. The zero-order valence-corrected chi connectivity index (χ0v) is 15.5. The first-order valence-corrected chi connectivity index (χ1v) is 8.84. The number of anilines is 1. The summed E-state index contributed by atoms with van der Waals surface area (Å²) >= 11 is 3.44. The van der Waals surface area contributed by atoms with Crippen molar-refractivity contribution in [2.24, 2.45) is 0 Å². The SMILES string of the molecule is Cc1noc(-c2ccc(Br)cc2)c1CNc1nnc(-c2ccccc2)o1. The van der Waals surface area contributed by atoms with Gasteiger partial charge in [-0.3, -0.25) is 0 Å². The molecule has 0 unspecified atom stereocenters. The number of nitrogens with zero attached hydrogens (tertiary/aromatic N) is 3. The molecule has 0 bridgehead atoms. The van der Waals surface area contributed by atoms with E-state index in [1.54, 1.807) is 0 Å². The third-order valence-corrected chi connectivity index (χ3v) is 4.48. The standard InChI is InChI=1S/C19H15BrN4O2/c1-12-16(17(26-24-12)13-7-9-15(20)10-8-13)11-21-19-23-22-18(25-19)14-5-3-2-4-6-14/h2-10H,11H2,1H3,(H,21,23). The Hall–Kier alpha value is -2.93. The van der Waals surface area contributed by atoms with E-state index in [0.29, 0.717) is 18.5 Å². The minimum atomic E-state index is 0.353. The van der Waals surface area contributed by atoms with Crippen molar-refractivity contribution < 1.29 is 8.94 Å². The van der Waals surface area contributed by atoms with Crippen LogP contribution in [0.4, 0.5) is 6.01 Å². The zero-order valence-electron chi connectivity index (χ0n) is 13.9. The van der Waals surface area contributed by atoms with Gasteiger partial charge in [-0.05, 0) is 31.2 Å². The van der Waals surface area contributed by atoms with Crippen molar-refractivity contribution in [1.29, 1.82) is 0 Å². The quantitative estimate of drug-likeness (QED) is 0.494. The number of aryl methyl sites for hydroxylation is 1. The molecule has 0 spiro atoms. The predicted molar refractivity (Wildman–Crippen MR) is 101 cm³/mol. The average molecular weight is 411 g/mol. The summed E-state index contributed by atoms with van der Waals surface area (Å²) in [6.07, 6.45) is 0. The minimum Gasteiger partial charge on any atom is -0.403 e. The molecular formula is C19H15BrN4O2. The number of aromatic nitrogens is 3. The first-order chi connectivity index (χ1) is 12.7. The number of hydrogen-bond acceptors (Lipinski definition) is 6. The first-order valence-electron chi connectivity index (χ1n) is 8.04. The van der Waals surface area contributed by atoms with Crippen LogP contribution in [-0.2, 0) is 6.54 Å². The van der Waals surface area contributed by atoms with Crippen LogP contribution < -0.4 is 5.32 Å². The molecule has 4 rings (SSSR count). The molecule has 0 fully saturated rings. The van der Waals surface area contributed by atoms with Crippen molar-refractivity contribution in [3.05, 3.63) is 70.3 Å².